The Hall–Kier alpha value is -2.85. The molecular weight excluding hydrogens is 352 g/mol. The molecule has 0 bridgehead atoms. The van der Waals surface area contributed by atoms with Crippen molar-refractivity contribution in [3.8, 4) is 0 Å². The number of para-hydroxylation sites is 1. The molecule has 0 radical (unpaired) electrons. The van der Waals surface area contributed by atoms with E-state index in [4.69, 9.17) is 0 Å². The normalized spacial score (nSPS) is 12.1. The van der Waals surface area contributed by atoms with E-state index in [-0.39, 0.29) is 11.8 Å². The van der Waals surface area contributed by atoms with Gasteiger partial charge in [-0.05, 0) is 35.1 Å². The zero-order chi connectivity index (χ0) is 18.5. The fourth-order valence-electron chi connectivity index (χ4n) is 3.44. The number of nitrogens with one attached hydrogen (secondary N) is 2. The Bertz CT molecular complexity index is 1010. The van der Waals surface area contributed by atoms with Gasteiger partial charge in [0.05, 0.1) is 0 Å². The second kappa shape index (κ2) is 8.23. The molecule has 0 saturated heterocycles. The number of carbonyl (C=O) groups excluding carboxylic acids is 1. The molecule has 0 aliphatic carbocycles. The fourth-order valence-corrected chi connectivity index (χ4v) is 4.29. The van der Waals surface area contributed by atoms with Crippen LogP contribution in [0.2, 0.25) is 0 Å². The third kappa shape index (κ3) is 4.12. The topological polar surface area (TPSA) is 44.9 Å². The quantitative estimate of drug-likeness (QED) is 0.464. The molecule has 0 aliphatic heterocycles. The van der Waals surface area contributed by atoms with Gasteiger partial charge < -0.3 is 10.3 Å². The van der Waals surface area contributed by atoms with Crippen LogP contribution in [0.5, 0.6) is 0 Å². The molecule has 0 spiro atoms. The van der Waals surface area contributed by atoms with Crippen molar-refractivity contribution in [2.24, 2.45) is 0 Å². The summed E-state index contributed by atoms with van der Waals surface area (Å²) < 4.78 is 0. The van der Waals surface area contributed by atoms with Gasteiger partial charge in [-0.1, -0.05) is 54.6 Å². The number of carbonyl (C=O) groups is 1. The third-order valence-corrected chi connectivity index (χ3v) is 5.86. The summed E-state index contributed by atoms with van der Waals surface area (Å²) >= 11 is 1.73. The van der Waals surface area contributed by atoms with E-state index in [1.54, 1.807) is 11.3 Å². The van der Waals surface area contributed by atoms with Gasteiger partial charge in [-0.25, -0.2) is 0 Å². The molecule has 1 atom stereocenters. The number of thiophene rings is 1. The molecule has 2 heterocycles. The number of H-pyrrole nitrogens is 1. The van der Waals surface area contributed by atoms with Crippen molar-refractivity contribution < 1.29 is 4.79 Å². The third-order valence-electron chi connectivity index (χ3n) is 4.87. The first-order valence-corrected chi connectivity index (χ1v) is 10.1. The summed E-state index contributed by atoms with van der Waals surface area (Å²) in [6.45, 7) is 0.607. The van der Waals surface area contributed by atoms with E-state index in [0.717, 1.165) is 11.9 Å². The number of fused-ring (bicyclic) bond motifs is 1. The average molecular weight is 375 g/mol. The van der Waals surface area contributed by atoms with E-state index in [1.807, 2.05) is 24.3 Å². The van der Waals surface area contributed by atoms with Gasteiger partial charge in [0, 0.05) is 40.9 Å². The monoisotopic (exact) mass is 374 g/mol. The van der Waals surface area contributed by atoms with E-state index < -0.39 is 0 Å². The summed E-state index contributed by atoms with van der Waals surface area (Å²) in [6.07, 6.45) is 3.35. The molecule has 4 heteroatoms. The van der Waals surface area contributed by atoms with E-state index in [1.165, 1.54) is 21.4 Å². The van der Waals surface area contributed by atoms with Crippen LogP contribution in [0.3, 0.4) is 0 Å². The highest BCUT2D eigenvalue weighted by molar-refractivity contribution is 7.10. The summed E-state index contributed by atoms with van der Waals surface area (Å²) in [7, 11) is 0. The van der Waals surface area contributed by atoms with Crippen molar-refractivity contribution in [2.45, 2.75) is 18.8 Å². The molecule has 1 amide bonds. The lowest BCUT2D eigenvalue weighted by Crippen LogP contribution is -2.28. The molecule has 4 aromatic rings. The van der Waals surface area contributed by atoms with Crippen LogP contribution in [-0.4, -0.2) is 17.4 Å². The van der Waals surface area contributed by atoms with Crippen molar-refractivity contribution in [1.29, 1.82) is 0 Å². The van der Waals surface area contributed by atoms with E-state index in [2.05, 4.69) is 64.3 Å². The summed E-state index contributed by atoms with van der Waals surface area (Å²) in [5.74, 6) is 0.252. The van der Waals surface area contributed by atoms with Gasteiger partial charge in [0.1, 0.15) is 0 Å². The summed E-state index contributed by atoms with van der Waals surface area (Å²) in [5, 5.41) is 6.46. The molecule has 3 nitrogen and oxygen atoms in total. The first-order chi connectivity index (χ1) is 13.3. The number of aryl methyl sites for hydroxylation is 1. The van der Waals surface area contributed by atoms with Gasteiger partial charge in [-0.3, -0.25) is 4.79 Å². The van der Waals surface area contributed by atoms with Crippen molar-refractivity contribution in [1.82, 2.24) is 10.3 Å². The summed E-state index contributed by atoms with van der Waals surface area (Å²) in [4.78, 5) is 17.0. The molecule has 2 N–H and O–H groups in total. The summed E-state index contributed by atoms with van der Waals surface area (Å²) in [5.41, 5.74) is 3.56. The zero-order valence-electron chi connectivity index (χ0n) is 15.0. The predicted octanol–water partition coefficient (Wildman–Crippen LogP) is 5.11. The molecule has 0 unspecified atom stereocenters. The van der Waals surface area contributed by atoms with Crippen LogP contribution in [0, 0.1) is 0 Å². The molecular formula is C23H22N2OS. The van der Waals surface area contributed by atoms with Crippen molar-refractivity contribution in [2.75, 3.05) is 6.54 Å². The Labute approximate surface area is 163 Å². The molecule has 0 aliphatic rings. The first-order valence-electron chi connectivity index (χ1n) is 9.21. The van der Waals surface area contributed by atoms with Crippen LogP contribution in [-0.2, 0) is 11.2 Å². The van der Waals surface area contributed by atoms with E-state index in [0.29, 0.717) is 13.0 Å². The van der Waals surface area contributed by atoms with Gasteiger partial charge in [0.25, 0.3) is 0 Å². The highest BCUT2D eigenvalue weighted by Gasteiger charge is 2.19. The molecule has 0 fully saturated rings. The van der Waals surface area contributed by atoms with E-state index >= 15 is 0 Å². The van der Waals surface area contributed by atoms with E-state index in [9.17, 15) is 4.79 Å². The standard InChI is InChI=1S/C23H22N2OS/c26-23(13-12-17-7-2-1-3-8-17)25-16-20(22-11-6-14-27-22)19-15-24-21-10-5-4-9-18(19)21/h1-11,14-15,20,24H,12-13,16H2,(H,25,26)/t20-/m1/s1. The highest BCUT2D eigenvalue weighted by atomic mass is 32.1. The maximum Gasteiger partial charge on any atom is 0.220 e. The van der Waals surface area contributed by atoms with Crippen molar-refractivity contribution in [3.05, 3.63) is 94.3 Å². The predicted molar refractivity (Wildman–Crippen MR) is 112 cm³/mol. The second-order valence-corrected chi connectivity index (χ2v) is 7.63. The number of aromatic amines is 1. The summed E-state index contributed by atoms with van der Waals surface area (Å²) in [6, 6.07) is 22.7. The first kappa shape index (κ1) is 17.6. The van der Waals surface area contributed by atoms with Crippen LogP contribution in [0.25, 0.3) is 10.9 Å². The largest absolute Gasteiger partial charge is 0.361 e. The van der Waals surface area contributed by atoms with Gasteiger partial charge in [0.2, 0.25) is 5.91 Å². The SMILES string of the molecule is O=C(CCc1ccccc1)NC[C@@H](c1cccs1)c1c[nH]c2ccccc12. The molecule has 2 aromatic heterocycles. The maximum absolute atomic E-state index is 12.4. The molecule has 0 saturated carbocycles. The Kier molecular flexibility index (Phi) is 5.35. The molecule has 4 rings (SSSR count). The van der Waals surface area contributed by atoms with Crippen molar-refractivity contribution >= 4 is 28.1 Å². The molecule has 136 valence electrons. The zero-order valence-corrected chi connectivity index (χ0v) is 15.8. The lowest BCUT2D eigenvalue weighted by Gasteiger charge is -2.16. The minimum Gasteiger partial charge on any atom is -0.361 e. The van der Waals surface area contributed by atoms with Crippen LogP contribution in [0.4, 0.5) is 0 Å². The lowest BCUT2D eigenvalue weighted by atomic mass is 9.96. The molecule has 2 aromatic carbocycles. The average Bonchev–Trinajstić information content (AvgIpc) is 3.38. The van der Waals surface area contributed by atoms with Crippen LogP contribution in [0.1, 0.15) is 28.3 Å². The Morgan fingerprint density at radius 2 is 1.81 bits per heavy atom. The number of rotatable bonds is 7. The minimum absolute atomic E-state index is 0.0975. The van der Waals surface area contributed by atoms with Crippen LogP contribution >= 0.6 is 11.3 Å². The Morgan fingerprint density at radius 1 is 1.00 bits per heavy atom. The Morgan fingerprint density at radius 3 is 2.63 bits per heavy atom. The number of amides is 1. The Balaban J connectivity index is 1.47. The lowest BCUT2D eigenvalue weighted by molar-refractivity contribution is -0.121. The minimum atomic E-state index is 0.0975. The molecule has 27 heavy (non-hydrogen) atoms. The van der Waals surface area contributed by atoms with Gasteiger partial charge in [0.15, 0.2) is 0 Å². The highest BCUT2D eigenvalue weighted by Crippen LogP contribution is 2.32. The van der Waals surface area contributed by atoms with Crippen LogP contribution < -0.4 is 5.32 Å². The van der Waals surface area contributed by atoms with Gasteiger partial charge >= 0.3 is 0 Å². The second-order valence-electron chi connectivity index (χ2n) is 6.65. The smallest absolute Gasteiger partial charge is 0.220 e. The van der Waals surface area contributed by atoms with Crippen molar-refractivity contribution in [3.63, 3.8) is 0 Å². The number of aromatic nitrogens is 1. The van der Waals surface area contributed by atoms with Gasteiger partial charge in [-0.2, -0.15) is 0 Å². The number of hydrogen-bond acceptors (Lipinski definition) is 2. The maximum atomic E-state index is 12.4. The fraction of sp³-hybridized carbons (Fsp3) is 0.174. The number of benzene rings is 2. The van der Waals surface area contributed by atoms with Gasteiger partial charge in [-0.15, -0.1) is 11.3 Å². The number of hydrogen-bond donors (Lipinski definition) is 2. The van der Waals surface area contributed by atoms with Crippen LogP contribution in [0.15, 0.2) is 78.3 Å².